The van der Waals surface area contributed by atoms with E-state index in [0.717, 1.165) is 3.57 Å². The van der Waals surface area contributed by atoms with Crippen LogP contribution in [0.5, 0.6) is 0 Å². The molecule has 182 valence electrons. The normalized spacial score (nSPS) is 27.7. The first-order valence-corrected chi connectivity index (χ1v) is 16.6. The molecule has 11 heteroatoms. The molecule has 0 amide bonds. The topological polar surface area (TPSA) is 97.8 Å². The molecule has 0 saturated carbocycles. The number of nitrogens with zero attached hydrogens (tertiary/aromatic N) is 2. The molecule has 1 aromatic heterocycles. The number of nitrogen functional groups attached to an aromatic ring is 1. The number of rotatable bonds is 5. The molecule has 0 unspecified atom stereocenters. The summed E-state index contributed by atoms with van der Waals surface area (Å²) < 4.78 is 29.6. The van der Waals surface area contributed by atoms with Gasteiger partial charge in [-0.1, -0.05) is 55.4 Å². The fraction of sp³-hybridized carbons (Fsp3) is 0.810. The molecule has 8 nitrogen and oxygen atoms in total. The van der Waals surface area contributed by atoms with Gasteiger partial charge in [-0.15, -0.1) is 0 Å². The first-order chi connectivity index (χ1) is 14.8. The Morgan fingerprint density at radius 3 is 2.12 bits per heavy atom. The van der Waals surface area contributed by atoms with Gasteiger partial charge in [-0.05, 0) is 44.8 Å². The van der Waals surface area contributed by atoms with Crippen LogP contribution < -0.4 is 11.4 Å². The van der Waals surface area contributed by atoms with Crippen LogP contribution in [0.4, 0.5) is 5.82 Å². The number of nitrogens with two attached hydrogens (primary N) is 1. The van der Waals surface area contributed by atoms with Crippen LogP contribution in [0.1, 0.15) is 68.0 Å². The summed E-state index contributed by atoms with van der Waals surface area (Å²) in [6.07, 6.45) is 1.32. The van der Waals surface area contributed by atoms with E-state index in [1.807, 2.05) is 0 Å². The van der Waals surface area contributed by atoms with E-state index in [-0.39, 0.29) is 40.2 Å². The summed E-state index contributed by atoms with van der Waals surface area (Å²) in [4.78, 5) is 16.5. The Labute approximate surface area is 207 Å². The lowest BCUT2D eigenvalue weighted by Gasteiger charge is -2.51. The third-order valence-corrected chi connectivity index (χ3v) is 17.9. The Kier molecular flexibility index (Phi) is 8.00. The van der Waals surface area contributed by atoms with Gasteiger partial charge >= 0.3 is 22.8 Å². The van der Waals surface area contributed by atoms with Gasteiger partial charge in [-0.2, -0.15) is 4.98 Å². The standard InChI is InChI=1S/C21H38IN3O5Si2/c1-12(2)31(13(3)4)27-11-18-17(29-32(30-31,14(5)6)15(7)8)9-19(28-18)25-10-16(22)20(23)24-21(25)26/h10,12-15,17-19H,9,11H2,1-8H3,(H2,23,24,26)/t17-,18+,19+/m0/s1/i9+1,11+1,17+1,18+1,19+1,24+1,25+1. The van der Waals surface area contributed by atoms with E-state index in [0.29, 0.717) is 13.0 Å². The van der Waals surface area contributed by atoms with Crippen LogP contribution in [-0.2, 0) is 17.7 Å². The van der Waals surface area contributed by atoms with E-state index in [9.17, 15) is 4.79 Å². The zero-order chi connectivity index (χ0) is 24.0. The zero-order valence-electron chi connectivity index (χ0n) is 20.4. The molecule has 0 radical (unpaired) electrons. The van der Waals surface area contributed by atoms with E-state index >= 15 is 0 Å². The van der Waals surface area contributed by atoms with Gasteiger partial charge in [-0.25, -0.2) is 4.79 Å². The van der Waals surface area contributed by atoms with E-state index in [1.54, 1.807) is 6.20 Å². The molecule has 32 heavy (non-hydrogen) atoms. The summed E-state index contributed by atoms with van der Waals surface area (Å²) in [7, 11) is -5.31. The van der Waals surface area contributed by atoms with Crippen molar-refractivity contribution in [3.05, 3.63) is 20.3 Å². The van der Waals surface area contributed by atoms with E-state index < -0.39 is 29.0 Å². The second kappa shape index (κ2) is 9.74. The third kappa shape index (κ3) is 4.62. The van der Waals surface area contributed by atoms with E-state index in [2.05, 4.69) is 83.0 Å². The Morgan fingerprint density at radius 2 is 1.59 bits per heavy atom. The zero-order valence-corrected chi connectivity index (χ0v) is 24.6. The lowest BCUT2D eigenvalue weighted by atomic mass is 10.5. The molecule has 2 aliphatic rings. The number of halogens is 1. The summed E-state index contributed by atoms with van der Waals surface area (Å²) in [5.74, 6) is 0.236. The molecule has 0 spiro atoms. The highest BCUT2D eigenvalue weighted by molar-refractivity contribution is 14.1. The first-order valence-electron chi connectivity index (χ1n) is 11.6. The highest BCUT2D eigenvalue weighted by Gasteiger charge is 2.60. The highest BCUT2D eigenvalue weighted by Crippen LogP contribution is 2.48. The van der Waals surface area contributed by atoms with Crippen LogP contribution in [0.15, 0.2) is 11.0 Å². The lowest BCUT2D eigenvalue weighted by Crippen LogP contribution is -2.65. The van der Waals surface area contributed by atoms with Crippen LogP contribution in [0.25, 0.3) is 0 Å². The summed E-state index contributed by atoms with van der Waals surface area (Å²) in [6.45, 7) is 18.0. The quantitative estimate of drug-likeness (QED) is 0.297. The highest BCUT2D eigenvalue weighted by atomic mass is 127. The third-order valence-electron chi connectivity index (χ3n) is 6.77. The largest absolute Gasteiger partial charge is 0.414 e. The van der Waals surface area contributed by atoms with Crippen LogP contribution in [-0.4, -0.2) is 45.5 Å². The Morgan fingerprint density at radius 1 is 1.03 bits per heavy atom. The Bertz CT molecular complexity index is 863. The minimum Gasteiger partial charge on any atom is -0.414 e. The van der Waals surface area contributed by atoms with E-state index in [1.165, 1.54) is 4.57 Å². The van der Waals surface area contributed by atoms with Crippen LogP contribution in [0.3, 0.4) is 0 Å². The number of anilines is 1. The molecule has 3 rings (SSSR count). The Balaban J connectivity index is 2.03. The van der Waals surface area contributed by atoms with Gasteiger partial charge in [0.05, 0.1) is 16.3 Å². The average Bonchev–Trinajstić information content (AvgIpc) is 3.05. The number of fused-ring (bicyclic) bond motifs is 1. The monoisotopic (exact) mass is 602 g/mol. The molecular weight excluding hydrogens is 564 g/mol. The maximum atomic E-state index is 12.6. The van der Waals surface area contributed by atoms with Crippen molar-refractivity contribution in [1.29, 1.82) is 0 Å². The molecule has 2 aliphatic heterocycles. The van der Waals surface area contributed by atoms with Crippen molar-refractivity contribution in [2.45, 2.75) is 102 Å². The second-order valence-electron chi connectivity index (χ2n) is 10.2. The first kappa shape index (κ1) is 26.3. The Hall–Kier alpha value is -0.316. The van der Waals surface area contributed by atoms with Crippen molar-refractivity contribution >= 4 is 45.5 Å². The van der Waals surface area contributed by atoms with E-state index in [4.69, 9.17) is 23.4 Å². The van der Waals surface area contributed by atoms with Crippen molar-refractivity contribution in [2.75, 3.05) is 12.3 Å². The summed E-state index contributed by atoms with van der Waals surface area (Å²) in [6, 6.07) is 0. The SMILES string of the molecule is CC(C)[Si]1(C(C)C)O[13CH2][13C@H]2O[13C@@H]([15n]3cc(I)c(N)[15n]c3=O)[13CH2][13C@@H]2O[Si](C(C)C)(C(C)C)O1. The van der Waals surface area contributed by atoms with Crippen molar-refractivity contribution in [3.8, 4) is 0 Å². The summed E-state index contributed by atoms with van der Waals surface area (Å²) in [5.41, 5.74) is 6.43. The predicted molar refractivity (Wildman–Crippen MR) is 138 cm³/mol. The maximum Gasteiger partial charge on any atom is 0.351 e. The molecule has 0 bridgehead atoms. The molecule has 2 N–H and O–H groups in total. The predicted octanol–water partition coefficient (Wildman–Crippen LogP) is 4.67. The average molecular weight is 603 g/mol. The number of hydrogen-bond acceptors (Lipinski definition) is 7. The molecule has 0 aliphatic carbocycles. The number of ether oxygens (including phenoxy) is 1. The molecule has 2 fully saturated rings. The molecule has 2 saturated heterocycles. The minimum absolute atomic E-state index is 0.204. The van der Waals surface area contributed by atoms with Crippen molar-refractivity contribution in [1.82, 2.24) is 9.55 Å². The molecular formula is C21H38IN3O5Si2. The van der Waals surface area contributed by atoms with Crippen molar-refractivity contribution < 1.29 is 17.7 Å². The fourth-order valence-electron chi connectivity index (χ4n) is 4.97. The van der Waals surface area contributed by atoms with Gasteiger partial charge in [0.25, 0.3) is 0 Å². The van der Waals surface area contributed by atoms with Gasteiger partial charge in [0.1, 0.15) is 18.1 Å². The van der Waals surface area contributed by atoms with Crippen LogP contribution >= 0.6 is 22.6 Å². The fourth-order valence-corrected chi connectivity index (χ4v) is 16.6. The van der Waals surface area contributed by atoms with Gasteiger partial charge in [0, 0.05) is 12.6 Å². The van der Waals surface area contributed by atoms with Crippen LogP contribution in [0, 0.1) is 3.57 Å². The molecule has 3 heterocycles. The molecule has 0 aromatic carbocycles. The van der Waals surface area contributed by atoms with Crippen LogP contribution in [0.2, 0.25) is 22.2 Å². The van der Waals surface area contributed by atoms with Gasteiger partial charge in [0.15, 0.2) is 0 Å². The smallest absolute Gasteiger partial charge is 0.351 e. The van der Waals surface area contributed by atoms with Gasteiger partial charge in [-0.3, -0.25) is 4.57 Å². The summed E-state index contributed by atoms with van der Waals surface area (Å²) >= 11 is 2.08. The second-order valence-corrected chi connectivity index (χ2v) is 20.2. The van der Waals surface area contributed by atoms with Gasteiger partial charge in [0.2, 0.25) is 0 Å². The van der Waals surface area contributed by atoms with Crippen molar-refractivity contribution in [2.24, 2.45) is 0 Å². The molecule has 3 atom stereocenters. The lowest BCUT2D eigenvalue weighted by molar-refractivity contribution is -0.0566. The van der Waals surface area contributed by atoms with Gasteiger partial charge < -0.3 is 23.4 Å². The maximum absolute atomic E-state index is 12.6. The summed E-state index contributed by atoms with van der Waals surface area (Å²) in [5, 5.41) is 0. The van der Waals surface area contributed by atoms with Crippen molar-refractivity contribution in [3.63, 3.8) is 0 Å². The minimum atomic E-state index is -2.70. The number of aromatic nitrogens is 2. The number of hydrogen-bond donors (Lipinski definition) is 1. The molecule has 1 aromatic rings.